The maximum Gasteiger partial charge on any atom is 0.227 e. The molecule has 4 saturated heterocycles. The number of hydrogen-bond donors (Lipinski definition) is 1. The van der Waals surface area contributed by atoms with Gasteiger partial charge in [0.15, 0.2) is 0 Å². The monoisotopic (exact) mass is 1060 g/mol. The number of carbonyl (C=O) groups is 2. The number of piperidine rings is 2. The van der Waals surface area contributed by atoms with Crippen LogP contribution in [0.25, 0.3) is 44.3 Å². The van der Waals surface area contributed by atoms with E-state index >= 15 is 0 Å². The number of amides is 2. The maximum atomic E-state index is 13.4. The summed E-state index contributed by atoms with van der Waals surface area (Å²) in [6.07, 6.45) is 7.82. The smallest absolute Gasteiger partial charge is 0.227 e. The van der Waals surface area contributed by atoms with Gasteiger partial charge < -0.3 is 28.4 Å². The third-order valence-electron chi connectivity index (χ3n) is 14.5. The van der Waals surface area contributed by atoms with Gasteiger partial charge in [-0.1, -0.05) is 45.6 Å². The number of benzene rings is 3. The Hall–Kier alpha value is -5.64. The molecule has 4 aromatic heterocycles. The summed E-state index contributed by atoms with van der Waals surface area (Å²) >= 11 is 12.5. The summed E-state index contributed by atoms with van der Waals surface area (Å²) in [5.41, 5.74) is 9.46. The van der Waals surface area contributed by atoms with Crippen molar-refractivity contribution in [1.82, 2.24) is 43.3 Å². The van der Waals surface area contributed by atoms with Crippen molar-refractivity contribution in [2.45, 2.75) is 103 Å². The standard InChI is InChI=1S/C28H29Cl2N5O4S.C22H27N5O4S/c1-16-27(17(2)39-32-16)18-7-10-24-23(13-18)31-28(35(24)20-11-12-33(15-20)40(3,37)38)25-5-4-6-26(36)34(25)19-8-9-21(29)22(30)14-19;1-13-21(14(2)31-25-13)15-7-8-19-18(11-15)24-22(17-5-4-6-20(28)23-17)27(19)16-9-10-26(12-16)32(3,29)30/h7-10,13-14,20,25H,4-6,11-12,15H2,1-3H3;7-8,11,16-17H,4-6,9-10,12H2,1-3H3,(H,23,28)/t20-,25-;16-,17-/m11/s1. The summed E-state index contributed by atoms with van der Waals surface area (Å²) in [7, 11) is -6.60. The van der Waals surface area contributed by atoms with E-state index in [1.165, 1.54) is 21.1 Å². The molecule has 0 saturated carbocycles. The molecule has 11 rings (SSSR count). The first-order valence-corrected chi connectivity index (χ1v) is 28.6. The molecule has 72 heavy (non-hydrogen) atoms. The van der Waals surface area contributed by atoms with Gasteiger partial charge in [-0.3, -0.25) is 9.59 Å². The largest absolute Gasteiger partial charge is 0.361 e. The number of hydrogen-bond acceptors (Lipinski definition) is 12. The zero-order valence-corrected chi connectivity index (χ0v) is 44.0. The maximum absolute atomic E-state index is 13.4. The Bertz CT molecular complexity index is 3470. The highest BCUT2D eigenvalue weighted by atomic mass is 35.5. The summed E-state index contributed by atoms with van der Waals surface area (Å²) in [6.45, 7) is 9.25. The van der Waals surface area contributed by atoms with Crippen molar-refractivity contribution in [2.75, 3.05) is 43.6 Å². The van der Waals surface area contributed by atoms with E-state index in [9.17, 15) is 26.4 Å². The second-order valence-electron chi connectivity index (χ2n) is 19.4. The van der Waals surface area contributed by atoms with Crippen molar-refractivity contribution in [3.8, 4) is 22.3 Å². The Morgan fingerprint density at radius 1 is 0.639 bits per heavy atom. The van der Waals surface area contributed by atoms with E-state index in [1.54, 1.807) is 23.1 Å². The molecular weight excluding hydrogens is 1000 g/mol. The van der Waals surface area contributed by atoms with Crippen molar-refractivity contribution < 1.29 is 35.5 Å². The highest BCUT2D eigenvalue weighted by Gasteiger charge is 2.39. The van der Waals surface area contributed by atoms with Gasteiger partial charge in [-0.05, 0) is 120 Å². The minimum Gasteiger partial charge on any atom is -0.361 e. The lowest BCUT2D eigenvalue weighted by atomic mass is 9.99. The second-order valence-corrected chi connectivity index (χ2v) is 24.2. The molecule has 1 N–H and O–H groups in total. The molecule has 0 unspecified atom stereocenters. The number of nitrogens with zero attached hydrogens (tertiary/aromatic N) is 9. The minimum atomic E-state index is -3.34. The molecule has 4 aliphatic rings. The van der Waals surface area contributed by atoms with Gasteiger partial charge >= 0.3 is 0 Å². The van der Waals surface area contributed by atoms with E-state index in [-0.39, 0.29) is 36.0 Å². The number of halogens is 2. The number of aryl methyl sites for hydroxylation is 4. The van der Waals surface area contributed by atoms with Gasteiger partial charge in [0.1, 0.15) is 23.2 Å². The van der Waals surface area contributed by atoms with Gasteiger partial charge in [0.2, 0.25) is 31.9 Å². The quantitative estimate of drug-likeness (QED) is 0.144. The second kappa shape index (κ2) is 19.3. The molecule has 0 radical (unpaired) electrons. The average Bonchev–Trinajstić information content (AvgIpc) is 4.20. The van der Waals surface area contributed by atoms with Crippen LogP contribution < -0.4 is 10.2 Å². The van der Waals surface area contributed by atoms with Crippen LogP contribution in [0.2, 0.25) is 10.0 Å². The van der Waals surface area contributed by atoms with Crippen LogP contribution >= 0.6 is 23.2 Å². The molecular formula is C50H56Cl2N10O8S2. The topological polar surface area (TPSA) is 212 Å². The Morgan fingerprint density at radius 3 is 1.65 bits per heavy atom. The lowest BCUT2D eigenvalue weighted by Gasteiger charge is -2.36. The average molecular weight is 1060 g/mol. The van der Waals surface area contributed by atoms with Gasteiger partial charge in [0.25, 0.3) is 0 Å². The molecule has 3 aromatic carbocycles. The molecule has 4 aliphatic heterocycles. The van der Waals surface area contributed by atoms with Crippen LogP contribution in [0.5, 0.6) is 0 Å². The van der Waals surface area contributed by atoms with E-state index < -0.39 is 20.0 Å². The summed E-state index contributed by atoms with van der Waals surface area (Å²) < 4.78 is 67.1. The Labute approximate surface area is 427 Å². The highest BCUT2D eigenvalue weighted by Crippen LogP contribution is 2.43. The predicted octanol–water partition coefficient (Wildman–Crippen LogP) is 8.94. The van der Waals surface area contributed by atoms with Crippen LogP contribution in [-0.2, 0) is 29.6 Å². The third-order valence-corrected chi connectivity index (χ3v) is 17.7. The molecule has 4 fully saturated rings. The molecule has 0 aliphatic carbocycles. The van der Waals surface area contributed by atoms with Crippen molar-refractivity contribution in [3.63, 3.8) is 0 Å². The first-order chi connectivity index (χ1) is 34.2. The number of sulfonamides is 2. The molecule has 22 heteroatoms. The van der Waals surface area contributed by atoms with Gasteiger partial charge in [0.05, 0.1) is 80.2 Å². The molecule has 18 nitrogen and oxygen atoms in total. The van der Waals surface area contributed by atoms with Crippen molar-refractivity contribution in [3.05, 3.63) is 99.2 Å². The van der Waals surface area contributed by atoms with Crippen LogP contribution in [0.15, 0.2) is 63.6 Å². The number of rotatable bonds is 9. The van der Waals surface area contributed by atoms with E-state index in [0.29, 0.717) is 74.0 Å². The summed E-state index contributed by atoms with van der Waals surface area (Å²) in [5, 5.41) is 12.0. The SMILES string of the molecule is Cc1noc(C)c1-c1ccc2c(c1)nc([C@H]1CCCC(=O)N1)n2[C@@H]1CCN(S(C)(=O)=O)C1.Cc1noc(C)c1-c1ccc2c(c1)nc([C@H]1CCCC(=O)N1c1ccc(Cl)c(Cl)c1)n2[C@@H]1CCN(S(C)(=O)=O)C1. The van der Waals surface area contributed by atoms with E-state index in [4.69, 9.17) is 42.2 Å². The van der Waals surface area contributed by atoms with Crippen molar-refractivity contribution >= 4 is 82.8 Å². The molecule has 4 atom stereocenters. The predicted molar refractivity (Wildman–Crippen MR) is 275 cm³/mol. The molecule has 2 amide bonds. The summed E-state index contributed by atoms with van der Waals surface area (Å²) in [6, 6.07) is 16.6. The van der Waals surface area contributed by atoms with Gasteiger partial charge in [-0.15, -0.1) is 0 Å². The summed E-state index contributed by atoms with van der Waals surface area (Å²) in [4.78, 5) is 37.4. The lowest BCUT2D eigenvalue weighted by Crippen LogP contribution is -2.40. The molecule has 7 aromatic rings. The van der Waals surface area contributed by atoms with Crippen molar-refractivity contribution in [2.24, 2.45) is 0 Å². The molecule has 8 heterocycles. The zero-order chi connectivity index (χ0) is 51.0. The van der Waals surface area contributed by atoms with Crippen LogP contribution in [-0.4, -0.2) is 105 Å². The van der Waals surface area contributed by atoms with Crippen LogP contribution in [0, 0.1) is 27.7 Å². The number of carbonyl (C=O) groups excluding carboxylic acids is 2. The minimum absolute atomic E-state index is 0.0196. The molecule has 380 valence electrons. The van der Waals surface area contributed by atoms with Crippen LogP contribution in [0.4, 0.5) is 5.69 Å². The fourth-order valence-corrected chi connectivity index (χ4v) is 13.2. The lowest BCUT2D eigenvalue weighted by molar-refractivity contribution is -0.123. The fraction of sp³-hybridized carbons (Fsp3) is 0.440. The van der Waals surface area contributed by atoms with Crippen molar-refractivity contribution in [1.29, 1.82) is 0 Å². The summed E-state index contributed by atoms with van der Waals surface area (Å²) in [5.74, 6) is 3.00. The fourth-order valence-electron chi connectivity index (χ4n) is 11.1. The normalized spacial score (nSPS) is 21.5. The molecule has 0 bridgehead atoms. The van der Waals surface area contributed by atoms with Gasteiger partial charge in [0, 0.05) is 55.8 Å². The Balaban J connectivity index is 0.000000170. The zero-order valence-electron chi connectivity index (χ0n) is 40.9. The third kappa shape index (κ3) is 9.45. The van der Waals surface area contributed by atoms with Crippen LogP contribution in [0.1, 0.15) is 110 Å². The Morgan fingerprint density at radius 2 is 1.17 bits per heavy atom. The highest BCUT2D eigenvalue weighted by molar-refractivity contribution is 7.88. The van der Waals surface area contributed by atoms with Gasteiger partial charge in [-0.2, -0.15) is 0 Å². The van der Waals surface area contributed by atoms with Crippen LogP contribution in [0.3, 0.4) is 0 Å². The van der Waals surface area contributed by atoms with E-state index in [2.05, 4.69) is 24.8 Å². The number of aromatic nitrogens is 6. The number of imidazole rings is 2. The Kier molecular flexibility index (Phi) is 13.4. The number of nitrogens with one attached hydrogen (secondary N) is 1. The van der Waals surface area contributed by atoms with E-state index in [1.807, 2.05) is 64.1 Å². The number of fused-ring (bicyclic) bond motifs is 2. The molecule has 0 spiro atoms. The first kappa shape index (κ1) is 49.9. The number of anilines is 1. The van der Waals surface area contributed by atoms with Gasteiger partial charge in [-0.25, -0.2) is 35.4 Å². The first-order valence-electron chi connectivity index (χ1n) is 24.1. The van der Waals surface area contributed by atoms with E-state index in [0.717, 1.165) is 98.1 Å².